The van der Waals surface area contributed by atoms with Gasteiger partial charge in [0, 0.05) is 30.2 Å². The van der Waals surface area contributed by atoms with E-state index < -0.39 is 10.1 Å². The zero-order valence-corrected chi connectivity index (χ0v) is 23.5. The quantitative estimate of drug-likeness (QED) is 0.178. The molecular weight excluding hydrogens is 490 g/mol. The number of rotatable bonds is 11. The molecule has 9 heteroatoms. The van der Waals surface area contributed by atoms with Crippen molar-refractivity contribution in [3.63, 3.8) is 0 Å². The minimum Gasteiger partial charge on any atom is -0.508 e. The summed E-state index contributed by atoms with van der Waals surface area (Å²) in [5, 5.41) is 17.6. The van der Waals surface area contributed by atoms with Gasteiger partial charge in [-0.1, -0.05) is 40.2 Å². The number of aromatic hydroxyl groups is 1. The average Bonchev–Trinajstić information content (AvgIpc) is 2.82. The van der Waals surface area contributed by atoms with Crippen molar-refractivity contribution in [1.29, 1.82) is 0 Å². The fraction of sp³-hybridized carbons (Fsp3) is 0.464. The van der Waals surface area contributed by atoms with Gasteiger partial charge in [0.15, 0.2) is 0 Å². The number of hydrogen-bond acceptors (Lipinski definition) is 7. The van der Waals surface area contributed by atoms with Gasteiger partial charge in [-0.05, 0) is 67.6 Å². The van der Waals surface area contributed by atoms with Crippen molar-refractivity contribution in [1.82, 2.24) is 10.3 Å². The van der Waals surface area contributed by atoms with Crippen molar-refractivity contribution in [2.75, 3.05) is 25.5 Å². The highest BCUT2D eigenvalue weighted by atomic mass is 32.2. The number of nitrogens with zero attached hydrogens (tertiary/aromatic N) is 1. The summed E-state index contributed by atoms with van der Waals surface area (Å²) in [7, 11) is -2.52. The molecule has 3 rings (SSSR count). The number of nitrogens with one attached hydrogen (secondary N) is 2. The van der Waals surface area contributed by atoms with Crippen LogP contribution in [0, 0.1) is 6.92 Å². The summed E-state index contributed by atoms with van der Waals surface area (Å²) in [6.45, 7) is 11.6. The normalized spacial score (nSPS) is 11.5. The van der Waals surface area contributed by atoms with Crippen LogP contribution in [0.5, 0.6) is 11.5 Å². The highest BCUT2D eigenvalue weighted by Gasteiger charge is 2.17. The van der Waals surface area contributed by atoms with Crippen LogP contribution in [0.1, 0.15) is 64.0 Å². The number of phenolic OH excluding ortho intramolecular Hbond substituents is 1. The highest BCUT2D eigenvalue weighted by Crippen LogP contribution is 2.30. The van der Waals surface area contributed by atoms with Crippen LogP contribution in [0.2, 0.25) is 0 Å². The van der Waals surface area contributed by atoms with E-state index in [0.29, 0.717) is 17.2 Å². The smallest absolute Gasteiger partial charge is 0.294 e. The van der Waals surface area contributed by atoms with E-state index in [2.05, 4.69) is 35.5 Å². The number of ether oxygens (including phenoxy) is 1. The Bertz CT molecular complexity index is 1260. The molecule has 8 nitrogen and oxygen atoms in total. The number of phenols is 1. The number of unbranched alkanes of at least 4 members (excludes halogenated alkanes) is 2. The molecule has 0 bridgehead atoms. The van der Waals surface area contributed by atoms with Gasteiger partial charge in [0.25, 0.3) is 10.1 Å². The predicted octanol–water partition coefficient (Wildman–Crippen LogP) is 5.89. The third-order valence-corrected chi connectivity index (χ3v) is 6.86. The van der Waals surface area contributed by atoms with Crippen molar-refractivity contribution in [2.24, 2.45) is 0 Å². The Morgan fingerprint density at radius 2 is 1.73 bits per heavy atom. The number of aryl methyl sites for hydroxylation is 1. The Hall–Kier alpha value is -2.88. The van der Waals surface area contributed by atoms with Crippen molar-refractivity contribution in [3.8, 4) is 11.5 Å². The standard InChI is InChI=1S/C18H27N3O.C10H14O4S/c1-14(2)19-9-5-4-6-10-20-17-13-16(22-3)12-15-8-7-11-21-18(15)17;1-6(2)8-5-10(15(12,13)14)7(3)4-9(8)11/h7-8,11-14,19-20H,4-6,9-10H2,1-3H3;4-6,11H,1-3H3,(H,12,13,14). The SMILES string of the molecule is COc1cc(NCCCCCNC(C)C)c2ncccc2c1.Cc1cc(O)c(C(C)C)cc1S(=O)(=O)O. The molecule has 0 saturated carbocycles. The van der Waals surface area contributed by atoms with Crippen LogP contribution >= 0.6 is 0 Å². The van der Waals surface area contributed by atoms with Crippen LogP contribution in [0.25, 0.3) is 10.9 Å². The number of pyridine rings is 1. The monoisotopic (exact) mass is 531 g/mol. The summed E-state index contributed by atoms with van der Waals surface area (Å²) in [6.07, 6.45) is 5.43. The van der Waals surface area contributed by atoms with Gasteiger partial charge in [-0.2, -0.15) is 8.42 Å². The lowest BCUT2D eigenvalue weighted by Gasteiger charge is -2.11. The van der Waals surface area contributed by atoms with E-state index in [1.54, 1.807) is 7.11 Å². The van der Waals surface area contributed by atoms with E-state index >= 15 is 0 Å². The first kappa shape index (κ1) is 30.3. The minimum absolute atomic E-state index is 0.00824. The van der Waals surface area contributed by atoms with E-state index in [0.717, 1.165) is 41.9 Å². The van der Waals surface area contributed by atoms with Gasteiger partial charge in [-0.15, -0.1) is 0 Å². The Morgan fingerprint density at radius 1 is 1.03 bits per heavy atom. The molecule has 0 aliphatic carbocycles. The molecule has 0 atom stereocenters. The van der Waals surface area contributed by atoms with Gasteiger partial charge in [0.1, 0.15) is 11.5 Å². The summed E-state index contributed by atoms with van der Waals surface area (Å²) >= 11 is 0. The second-order valence-electron chi connectivity index (χ2n) is 9.65. The molecular formula is C28H41N3O5S. The van der Waals surface area contributed by atoms with E-state index in [1.165, 1.54) is 31.9 Å². The molecule has 0 aliphatic heterocycles. The van der Waals surface area contributed by atoms with Crippen molar-refractivity contribution in [3.05, 3.63) is 53.7 Å². The van der Waals surface area contributed by atoms with Crippen molar-refractivity contribution >= 4 is 26.7 Å². The summed E-state index contributed by atoms with van der Waals surface area (Å²) in [6, 6.07) is 11.3. The van der Waals surface area contributed by atoms with Gasteiger partial charge in [0.05, 0.1) is 23.2 Å². The molecule has 0 saturated heterocycles. The van der Waals surface area contributed by atoms with Gasteiger partial charge < -0.3 is 20.5 Å². The van der Waals surface area contributed by atoms with E-state index in [1.807, 2.05) is 38.2 Å². The molecule has 2 aromatic carbocycles. The molecule has 3 aromatic rings. The fourth-order valence-corrected chi connectivity index (χ4v) is 4.63. The third kappa shape index (κ3) is 9.50. The summed E-state index contributed by atoms with van der Waals surface area (Å²) in [5.74, 6) is 0.908. The molecule has 0 spiro atoms. The largest absolute Gasteiger partial charge is 0.508 e. The molecule has 0 unspecified atom stereocenters. The van der Waals surface area contributed by atoms with E-state index in [4.69, 9.17) is 9.29 Å². The number of anilines is 1. The maximum atomic E-state index is 11.0. The van der Waals surface area contributed by atoms with E-state index in [-0.39, 0.29) is 16.6 Å². The molecule has 37 heavy (non-hydrogen) atoms. The number of aromatic nitrogens is 1. The fourth-order valence-electron chi connectivity index (χ4n) is 3.89. The van der Waals surface area contributed by atoms with Crippen LogP contribution in [0.15, 0.2) is 47.5 Å². The van der Waals surface area contributed by atoms with Gasteiger partial charge in [-0.3, -0.25) is 9.54 Å². The highest BCUT2D eigenvalue weighted by molar-refractivity contribution is 7.85. The number of hydrogen-bond donors (Lipinski definition) is 4. The second-order valence-corrected chi connectivity index (χ2v) is 11.0. The van der Waals surface area contributed by atoms with Crippen LogP contribution in [0.4, 0.5) is 5.69 Å². The molecule has 0 amide bonds. The second kappa shape index (κ2) is 14.2. The Kier molecular flexibility index (Phi) is 11.6. The van der Waals surface area contributed by atoms with Crippen LogP contribution in [-0.4, -0.2) is 49.3 Å². The van der Waals surface area contributed by atoms with Gasteiger partial charge in [-0.25, -0.2) is 0 Å². The van der Waals surface area contributed by atoms with Crippen molar-refractivity contribution in [2.45, 2.75) is 70.7 Å². The lowest BCUT2D eigenvalue weighted by Crippen LogP contribution is -2.23. The zero-order chi connectivity index (χ0) is 27.6. The third-order valence-electron chi connectivity index (χ3n) is 5.86. The Morgan fingerprint density at radius 3 is 2.35 bits per heavy atom. The summed E-state index contributed by atoms with van der Waals surface area (Å²) in [5.41, 5.74) is 2.90. The molecule has 0 radical (unpaired) electrons. The Balaban J connectivity index is 0.000000281. The molecule has 0 aliphatic rings. The molecule has 4 N–H and O–H groups in total. The summed E-state index contributed by atoms with van der Waals surface area (Å²) < 4.78 is 36.4. The first-order valence-electron chi connectivity index (χ1n) is 12.6. The molecule has 0 fully saturated rings. The van der Waals surface area contributed by atoms with Gasteiger partial charge in [0.2, 0.25) is 0 Å². The molecule has 204 valence electrons. The first-order valence-corrected chi connectivity index (χ1v) is 14.1. The topological polar surface area (TPSA) is 121 Å². The predicted molar refractivity (Wildman–Crippen MR) is 151 cm³/mol. The lowest BCUT2D eigenvalue weighted by atomic mass is 10.0. The zero-order valence-electron chi connectivity index (χ0n) is 22.7. The summed E-state index contributed by atoms with van der Waals surface area (Å²) in [4.78, 5) is 4.33. The minimum atomic E-state index is -4.22. The first-order chi connectivity index (χ1) is 17.4. The van der Waals surface area contributed by atoms with Crippen molar-refractivity contribution < 1.29 is 22.8 Å². The number of fused-ring (bicyclic) bond motifs is 1. The maximum absolute atomic E-state index is 11.0. The molecule has 1 aromatic heterocycles. The average molecular weight is 532 g/mol. The van der Waals surface area contributed by atoms with E-state index in [9.17, 15) is 13.5 Å². The van der Waals surface area contributed by atoms with Crippen LogP contribution in [0.3, 0.4) is 0 Å². The molecule has 1 heterocycles. The van der Waals surface area contributed by atoms with Gasteiger partial charge >= 0.3 is 0 Å². The number of methoxy groups -OCH3 is 1. The maximum Gasteiger partial charge on any atom is 0.294 e. The van der Waals surface area contributed by atoms with Crippen LogP contribution < -0.4 is 15.4 Å². The Labute approximate surface area is 221 Å². The number of benzene rings is 2. The van der Waals surface area contributed by atoms with Crippen LogP contribution in [-0.2, 0) is 10.1 Å². The lowest BCUT2D eigenvalue weighted by molar-refractivity contribution is 0.415.